The SMILES string of the molecule is CC(C)c1nc2c(-c3cc(C(C)(C)C)ccn3)[c-]c(Oc3[c-]c(N4[CH-]N(C)c5ccccc54)ccc3)cn2c1C(C)C.[Pt]. The molecule has 6 nitrogen and oxygen atoms in total. The Bertz CT molecular complexity index is 1770. The Hall–Kier alpha value is -3.63. The van der Waals surface area contributed by atoms with Crippen molar-refractivity contribution in [2.45, 2.75) is 65.7 Å². The first-order chi connectivity index (χ1) is 20.0. The van der Waals surface area contributed by atoms with Gasteiger partial charge in [0.05, 0.1) is 17.1 Å². The summed E-state index contributed by atoms with van der Waals surface area (Å²) in [7, 11) is 2.05. The third-order valence-electron chi connectivity index (χ3n) is 7.71. The average Bonchev–Trinajstić information content (AvgIpc) is 3.51. The van der Waals surface area contributed by atoms with Gasteiger partial charge >= 0.3 is 0 Å². The fourth-order valence-corrected chi connectivity index (χ4v) is 5.57. The second-order valence-corrected chi connectivity index (χ2v) is 12.6. The molecule has 5 aromatic rings. The minimum absolute atomic E-state index is 0. The van der Waals surface area contributed by atoms with Gasteiger partial charge in [-0.15, -0.1) is 23.9 Å². The number of aromatic nitrogens is 3. The predicted molar refractivity (Wildman–Crippen MR) is 171 cm³/mol. The van der Waals surface area contributed by atoms with Crippen LogP contribution < -0.4 is 14.5 Å². The molecule has 7 heteroatoms. The number of nitrogens with zero attached hydrogens (tertiary/aromatic N) is 5. The molecule has 3 aromatic heterocycles. The number of rotatable bonds is 6. The number of hydrogen-bond acceptors (Lipinski definition) is 5. The van der Waals surface area contributed by atoms with Crippen LogP contribution in [0.1, 0.15) is 77.3 Å². The number of ether oxygens (including phenoxy) is 1. The standard InChI is InChI=1S/C36H38N5O.Pt/c1-23(2)33-34(24(3)4)40-21-28(20-29(35(40)38-33)30-18-25(16-17-37-30)36(5,6)7)42-27-13-11-12-26(19-27)41-22-39(8)31-14-9-10-15-32(31)41;/h9-18,21-24H,1-8H3;/q-3;. The summed E-state index contributed by atoms with van der Waals surface area (Å²) in [5.41, 5.74) is 9.11. The molecule has 0 N–H and O–H groups in total. The van der Waals surface area contributed by atoms with E-state index in [0.29, 0.717) is 11.5 Å². The van der Waals surface area contributed by atoms with Crippen LogP contribution in [-0.2, 0) is 26.5 Å². The molecule has 1 aliphatic rings. The first-order valence-corrected chi connectivity index (χ1v) is 14.6. The summed E-state index contributed by atoms with van der Waals surface area (Å²) in [6.07, 6.45) is 3.88. The first-order valence-electron chi connectivity index (χ1n) is 14.6. The fourth-order valence-electron chi connectivity index (χ4n) is 5.57. The number of benzene rings is 2. The largest absolute Gasteiger partial charge is 0.504 e. The molecule has 43 heavy (non-hydrogen) atoms. The monoisotopic (exact) mass is 751 g/mol. The molecule has 0 saturated carbocycles. The van der Waals surface area contributed by atoms with Crippen LogP contribution >= 0.6 is 0 Å². The molecule has 0 aliphatic carbocycles. The van der Waals surface area contributed by atoms with Crippen LogP contribution in [0.4, 0.5) is 17.1 Å². The van der Waals surface area contributed by atoms with Crippen LogP contribution in [0, 0.1) is 18.8 Å². The van der Waals surface area contributed by atoms with Crippen LogP contribution in [-0.4, -0.2) is 21.4 Å². The van der Waals surface area contributed by atoms with Crippen molar-refractivity contribution in [2.24, 2.45) is 0 Å². The van der Waals surface area contributed by atoms with Crippen molar-refractivity contribution in [3.63, 3.8) is 0 Å². The van der Waals surface area contributed by atoms with Crippen molar-refractivity contribution in [1.29, 1.82) is 0 Å². The maximum Gasteiger partial charge on any atom is 0.0584 e. The Balaban J connectivity index is 0.00000368. The van der Waals surface area contributed by atoms with Crippen molar-refractivity contribution in [2.75, 3.05) is 16.8 Å². The average molecular weight is 752 g/mol. The first kappa shape index (κ1) is 30.8. The van der Waals surface area contributed by atoms with Crippen molar-refractivity contribution in [1.82, 2.24) is 14.4 Å². The number of anilines is 3. The van der Waals surface area contributed by atoms with E-state index in [4.69, 9.17) is 14.7 Å². The maximum absolute atomic E-state index is 6.52. The summed E-state index contributed by atoms with van der Waals surface area (Å²) < 4.78 is 8.70. The van der Waals surface area contributed by atoms with E-state index in [9.17, 15) is 0 Å². The predicted octanol–water partition coefficient (Wildman–Crippen LogP) is 9.04. The van der Waals surface area contributed by atoms with Crippen molar-refractivity contribution >= 4 is 22.7 Å². The van der Waals surface area contributed by atoms with Gasteiger partial charge in [0, 0.05) is 50.1 Å². The molecule has 0 spiro atoms. The van der Waals surface area contributed by atoms with E-state index in [2.05, 4.69) is 125 Å². The molecular formula is C36H38N5OPt-3. The van der Waals surface area contributed by atoms with Crippen LogP contribution in [0.5, 0.6) is 11.5 Å². The van der Waals surface area contributed by atoms with Gasteiger partial charge in [-0.25, -0.2) is 0 Å². The molecule has 0 atom stereocenters. The number of para-hydroxylation sites is 2. The topological polar surface area (TPSA) is 45.9 Å². The van der Waals surface area contributed by atoms with Crippen molar-refractivity contribution in [3.8, 4) is 22.8 Å². The number of fused-ring (bicyclic) bond motifs is 2. The van der Waals surface area contributed by atoms with Crippen LogP contribution in [0.2, 0.25) is 0 Å². The van der Waals surface area contributed by atoms with Gasteiger partial charge in [-0.3, -0.25) is 4.98 Å². The van der Waals surface area contributed by atoms with E-state index in [1.54, 1.807) is 0 Å². The van der Waals surface area contributed by atoms with Crippen LogP contribution in [0.15, 0.2) is 67.0 Å². The van der Waals surface area contributed by atoms with Gasteiger partial charge in [-0.2, -0.15) is 12.7 Å². The quantitative estimate of drug-likeness (QED) is 0.162. The molecule has 226 valence electrons. The third kappa shape index (κ3) is 5.82. The summed E-state index contributed by atoms with van der Waals surface area (Å²) in [6, 6.07) is 25.6. The summed E-state index contributed by atoms with van der Waals surface area (Å²) in [5.74, 6) is 1.75. The van der Waals surface area contributed by atoms with E-state index in [1.165, 1.54) is 11.3 Å². The minimum Gasteiger partial charge on any atom is -0.504 e. The van der Waals surface area contributed by atoms with E-state index >= 15 is 0 Å². The summed E-state index contributed by atoms with van der Waals surface area (Å²) in [5, 5.41) is 0. The van der Waals surface area contributed by atoms with Gasteiger partial charge in [0.2, 0.25) is 0 Å². The molecule has 0 bridgehead atoms. The van der Waals surface area contributed by atoms with E-state index in [0.717, 1.165) is 39.7 Å². The number of imidazole rings is 1. The van der Waals surface area contributed by atoms with Crippen molar-refractivity contribution < 1.29 is 25.8 Å². The minimum atomic E-state index is -0.0155. The molecule has 0 fully saturated rings. The van der Waals surface area contributed by atoms with Crippen LogP contribution in [0.3, 0.4) is 0 Å². The van der Waals surface area contributed by atoms with Crippen LogP contribution in [0.25, 0.3) is 16.9 Å². The molecule has 4 heterocycles. The van der Waals surface area contributed by atoms with Crippen molar-refractivity contribution in [3.05, 3.63) is 103 Å². The third-order valence-corrected chi connectivity index (χ3v) is 7.71. The summed E-state index contributed by atoms with van der Waals surface area (Å²) in [6.45, 7) is 17.5. The Labute approximate surface area is 270 Å². The molecule has 0 amide bonds. The second-order valence-electron chi connectivity index (χ2n) is 12.6. The maximum atomic E-state index is 6.52. The van der Waals surface area contributed by atoms with Gasteiger partial charge in [0.1, 0.15) is 0 Å². The second kappa shape index (κ2) is 11.8. The summed E-state index contributed by atoms with van der Waals surface area (Å²) in [4.78, 5) is 14.2. The number of hydrogen-bond donors (Lipinski definition) is 0. The zero-order valence-corrected chi connectivity index (χ0v) is 28.3. The molecule has 0 unspecified atom stereocenters. The Morgan fingerprint density at radius 3 is 2.33 bits per heavy atom. The van der Waals surface area contributed by atoms with E-state index < -0.39 is 0 Å². The molecule has 6 rings (SSSR count). The van der Waals surface area contributed by atoms with Gasteiger partial charge in [-0.1, -0.05) is 78.3 Å². The Morgan fingerprint density at radius 2 is 1.63 bits per heavy atom. The van der Waals surface area contributed by atoms with Gasteiger partial charge in [0.25, 0.3) is 0 Å². The Morgan fingerprint density at radius 1 is 0.884 bits per heavy atom. The van der Waals surface area contributed by atoms with Gasteiger partial charge in [-0.05, 0) is 60.0 Å². The summed E-state index contributed by atoms with van der Waals surface area (Å²) >= 11 is 0. The number of pyridine rings is 2. The van der Waals surface area contributed by atoms with E-state index in [1.807, 2.05) is 30.6 Å². The molecule has 2 aromatic carbocycles. The Kier molecular flexibility index (Phi) is 8.46. The molecule has 0 saturated heterocycles. The zero-order valence-electron chi connectivity index (χ0n) is 26.0. The van der Waals surface area contributed by atoms with Gasteiger partial charge < -0.3 is 23.9 Å². The van der Waals surface area contributed by atoms with Gasteiger partial charge in [0.15, 0.2) is 0 Å². The molecular weight excluding hydrogens is 714 g/mol. The zero-order chi connectivity index (χ0) is 29.8. The molecule has 0 radical (unpaired) electrons. The normalized spacial score (nSPS) is 13.2. The fraction of sp³-hybridized carbons (Fsp3) is 0.306. The smallest absolute Gasteiger partial charge is 0.0584 e. The molecule has 1 aliphatic heterocycles. The van der Waals surface area contributed by atoms with E-state index in [-0.39, 0.29) is 38.3 Å².